The molecule has 0 unspecified atom stereocenters. The fourth-order valence-corrected chi connectivity index (χ4v) is 3.49. The Labute approximate surface area is 148 Å². The van der Waals surface area contributed by atoms with Crippen LogP contribution < -0.4 is 10.6 Å². The van der Waals surface area contributed by atoms with E-state index in [-0.39, 0.29) is 24.1 Å². The van der Waals surface area contributed by atoms with Crippen LogP contribution in [0.3, 0.4) is 0 Å². The highest BCUT2D eigenvalue weighted by Crippen LogP contribution is 2.20. The van der Waals surface area contributed by atoms with Gasteiger partial charge in [0.25, 0.3) is 5.91 Å². The third-order valence-electron chi connectivity index (χ3n) is 5.00. The minimum absolute atomic E-state index is 0.0289. The zero-order chi connectivity index (χ0) is 17.8. The van der Waals surface area contributed by atoms with E-state index in [0.717, 1.165) is 56.6 Å². The number of carbonyl (C=O) groups excluding carboxylic acids is 2. The molecule has 1 aromatic carbocycles. The Morgan fingerprint density at radius 2 is 2.00 bits per heavy atom. The number of hydrogen-bond acceptors (Lipinski definition) is 3. The van der Waals surface area contributed by atoms with Gasteiger partial charge < -0.3 is 20.3 Å². The Morgan fingerprint density at radius 3 is 2.64 bits per heavy atom. The van der Waals surface area contributed by atoms with Crippen molar-refractivity contribution < 1.29 is 14.3 Å². The molecule has 2 heterocycles. The number of rotatable bonds is 4. The number of urea groups is 1. The number of nitrogens with one attached hydrogen (secondary N) is 2. The average molecular weight is 345 g/mol. The van der Waals surface area contributed by atoms with Gasteiger partial charge in [0.1, 0.15) is 0 Å². The monoisotopic (exact) mass is 345 g/mol. The predicted octanol–water partition coefficient (Wildman–Crippen LogP) is 2.92. The molecule has 0 radical (unpaired) electrons. The lowest BCUT2D eigenvalue weighted by atomic mass is 10.1. The fourth-order valence-electron chi connectivity index (χ4n) is 3.49. The fraction of sp³-hybridized carbons (Fsp3) is 0.579. The molecule has 0 aliphatic carbocycles. The molecular formula is C19H27N3O3. The van der Waals surface area contributed by atoms with Crippen molar-refractivity contribution in [3.05, 3.63) is 29.3 Å². The number of aryl methyl sites for hydroxylation is 1. The van der Waals surface area contributed by atoms with Gasteiger partial charge in [0.15, 0.2) is 0 Å². The molecule has 0 aromatic heterocycles. The van der Waals surface area contributed by atoms with Gasteiger partial charge in [0, 0.05) is 30.9 Å². The molecule has 3 rings (SSSR count). The number of carbonyl (C=O) groups is 2. The minimum atomic E-state index is -0.246. The molecule has 2 aliphatic rings. The normalized spacial score (nSPS) is 21.2. The standard InChI is InChI=1S/C19H27N3O3/c1-13-12-15(18(23)22-9-3-4-10-22)7-8-16(13)21-19(24)20-14(2)17-6-5-11-25-17/h7-8,12,14,17H,3-6,9-11H2,1-2H3,(H2,20,21,24)/t14-,17-/m0/s1. The summed E-state index contributed by atoms with van der Waals surface area (Å²) in [5.74, 6) is 0.0728. The summed E-state index contributed by atoms with van der Waals surface area (Å²) in [4.78, 5) is 26.5. The number of likely N-dealkylation sites (tertiary alicyclic amines) is 1. The van der Waals surface area contributed by atoms with E-state index in [1.165, 1.54) is 0 Å². The maximum absolute atomic E-state index is 12.4. The number of amides is 3. The van der Waals surface area contributed by atoms with Crippen molar-refractivity contribution in [1.82, 2.24) is 10.2 Å². The third-order valence-corrected chi connectivity index (χ3v) is 5.00. The Morgan fingerprint density at radius 1 is 1.24 bits per heavy atom. The van der Waals surface area contributed by atoms with Crippen LogP contribution in [0.25, 0.3) is 0 Å². The summed E-state index contributed by atoms with van der Waals surface area (Å²) >= 11 is 0. The highest BCUT2D eigenvalue weighted by molar-refractivity contribution is 5.96. The van der Waals surface area contributed by atoms with Gasteiger partial charge in [0.05, 0.1) is 12.1 Å². The van der Waals surface area contributed by atoms with E-state index in [0.29, 0.717) is 5.56 Å². The smallest absolute Gasteiger partial charge is 0.319 e. The number of benzene rings is 1. The molecule has 2 aliphatic heterocycles. The van der Waals surface area contributed by atoms with Gasteiger partial charge in [-0.05, 0) is 63.3 Å². The Kier molecular flexibility index (Phi) is 5.58. The van der Waals surface area contributed by atoms with Crippen molar-refractivity contribution in [3.8, 4) is 0 Å². The summed E-state index contributed by atoms with van der Waals surface area (Å²) in [6, 6.07) is 5.16. The van der Waals surface area contributed by atoms with E-state index >= 15 is 0 Å². The third kappa shape index (κ3) is 4.31. The van der Waals surface area contributed by atoms with E-state index < -0.39 is 0 Å². The first kappa shape index (κ1) is 17.7. The summed E-state index contributed by atoms with van der Waals surface area (Å²) in [7, 11) is 0. The molecule has 0 bridgehead atoms. The molecule has 0 saturated carbocycles. The van der Waals surface area contributed by atoms with Crippen LogP contribution in [-0.2, 0) is 4.74 Å². The number of hydrogen-bond donors (Lipinski definition) is 2. The van der Waals surface area contributed by atoms with Crippen molar-refractivity contribution in [1.29, 1.82) is 0 Å². The highest BCUT2D eigenvalue weighted by atomic mass is 16.5. The van der Waals surface area contributed by atoms with Crippen molar-refractivity contribution in [2.75, 3.05) is 25.0 Å². The maximum atomic E-state index is 12.4. The van der Waals surface area contributed by atoms with E-state index in [9.17, 15) is 9.59 Å². The first-order valence-corrected chi connectivity index (χ1v) is 9.13. The van der Waals surface area contributed by atoms with Crippen LogP contribution in [0.4, 0.5) is 10.5 Å². The van der Waals surface area contributed by atoms with E-state index in [2.05, 4.69) is 10.6 Å². The Bertz CT molecular complexity index is 635. The van der Waals surface area contributed by atoms with Crippen LogP contribution in [0.2, 0.25) is 0 Å². The molecule has 2 saturated heterocycles. The van der Waals surface area contributed by atoms with E-state index in [1.54, 1.807) is 12.1 Å². The van der Waals surface area contributed by atoms with Crippen molar-refractivity contribution in [2.24, 2.45) is 0 Å². The molecule has 136 valence electrons. The van der Waals surface area contributed by atoms with Crippen molar-refractivity contribution in [2.45, 2.75) is 51.7 Å². The minimum Gasteiger partial charge on any atom is -0.376 e. The zero-order valence-electron chi connectivity index (χ0n) is 15.0. The molecule has 6 heteroatoms. The van der Waals surface area contributed by atoms with Crippen molar-refractivity contribution in [3.63, 3.8) is 0 Å². The van der Waals surface area contributed by atoms with Gasteiger partial charge in [-0.3, -0.25) is 4.79 Å². The lowest BCUT2D eigenvalue weighted by Gasteiger charge is -2.21. The maximum Gasteiger partial charge on any atom is 0.319 e. The second-order valence-electron chi connectivity index (χ2n) is 6.97. The molecule has 2 atom stereocenters. The largest absolute Gasteiger partial charge is 0.376 e. The van der Waals surface area contributed by atoms with Gasteiger partial charge in [-0.15, -0.1) is 0 Å². The molecule has 0 spiro atoms. The van der Waals surface area contributed by atoms with Gasteiger partial charge in [-0.1, -0.05) is 0 Å². The van der Waals surface area contributed by atoms with Crippen LogP contribution in [-0.4, -0.2) is 48.7 Å². The first-order chi connectivity index (χ1) is 12.0. The van der Waals surface area contributed by atoms with Gasteiger partial charge in [-0.2, -0.15) is 0 Å². The molecule has 25 heavy (non-hydrogen) atoms. The Hall–Kier alpha value is -2.08. The summed E-state index contributed by atoms with van der Waals surface area (Å²) in [5.41, 5.74) is 2.28. The average Bonchev–Trinajstić information content (AvgIpc) is 3.29. The predicted molar refractivity (Wildman–Crippen MR) is 96.9 cm³/mol. The molecule has 1 aromatic rings. The van der Waals surface area contributed by atoms with Crippen LogP contribution in [0.1, 0.15) is 48.5 Å². The molecule has 2 fully saturated rings. The number of ether oxygens (including phenoxy) is 1. The number of anilines is 1. The molecular weight excluding hydrogens is 318 g/mol. The quantitative estimate of drug-likeness (QED) is 0.881. The Balaban J connectivity index is 1.58. The highest BCUT2D eigenvalue weighted by Gasteiger charge is 2.24. The van der Waals surface area contributed by atoms with Crippen LogP contribution >= 0.6 is 0 Å². The first-order valence-electron chi connectivity index (χ1n) is 9.13. The summed E-state index contributed by atoms with van der Waals surface area (Å²) < 4.78 is 5.60. The SMILES string of the molecule is Cc1cc(C(=O)N2CCCC2)ccc1NC(=O)N[C@@H](C)[C@@H]1CCCO1. The summed E-state index contributed by atoms with van der Waals surface area (Å²) in [6.07, 6.45) is 4.27. The molecule has 2 N–H and O–H groups in total. The summed E-state index contributed by atoms with van der Waals surface area (Å²) in [5, 5.41) is 5.80. The molecule has 6 nitrogen and oxygen atoms in total. The lowest BCUT2D eigenvalue weighted by molar-refractivity contribution is 0.0792. The van der Waals surface area contributed by atoms with Crippen LogP contribution in [0, 0.1) is 6.92 Å². The van der Waals surface area contributed by atoms with Gasteiger partial charge in [-0.25, -0.2) is 4.79 Å². The van der Waals surface area contributed by atoms with Crippen LogP contribution in [0.5, 0.6) is 0 Å². The van der Waals surface area contributed by atoms with Crippen molar-refractivity contribution >= 4 is 17.6 Å². The topological polar surface area (TPSA) is 70.7 Å². The van der Waals surface area contributed by atoms with Gasteiger partial charge >= 0.3 is 6.03 Å². The van der Waals surface area contributed by atoms with Gasteiger partial charge in [0.2, 0.25) is 0 Å². The number of nitrogens with zero attached hydrogens (tertiary/aromatic N) is 1. The lowest BCUT2D eigenvalue weighted by Crippen LogP contribution is -2.43. The summed E-state index contributed by atoms with van der Waals surface area (Å²) in [6.45, 7) is 6.30. The second-order valence-corrected chi connectivity index (χ2v) is 6.97. The van der Waals surface area contributed by atoms with E-state index in [4.69, 9.17) is 4.74 Å². The second kappa shape index (κ2) is 7.87. The zero-order valence-corrected chi connectivity index (χ0v) is 15.0. The van der Waals surface area contributed by atoms with E-state index in [1.807, 2.05) is 24.8 Å². The van der Waals surface area contributed by atoms with Crippen LogP contribution in [0.15, 0.2) is 18.2 Å². The molecule has 3 amide bonds.